The number of benzene rings is 3. The Morgan fingerprint density at radius 1 is 1.14 bits per heavy atom. The minimum atomic E-state index is -1.41. The van der Waals surface area contributed by atoms with E-state index in [0.29, 0.717) is 29.8 Å². The Bertz CT molecular complexity index is 1400. The number of para-hydroxylation sites is 1. The number of anilines is 1. The Balaban J connectivity index is 1.40. The molecule has 1 spiro atoms. The third-order valence-electron chi connectivity index (χ3n) is 7.80. The highest BCUT2D eigenvalue weighted by Gasteiger charge is 2.73. The van der Waals surface area contributed by atoms with Crippen molar-refractivity contribution in [3.63, 3.8) is 0 Å². The van der Waals surface area contributed by atoms with Crippen LogP contribution in [0.1, 0.15) is 35.4 Å². The third kappa shape index (κ3) is 3.61. The van der Waals surface area contributed by atoms with E-state index < -0.39 is 17.5 Å². The number of carbonyl (C=O) groups is 1. The van der Waals surface area contributed by atoms with E-state index >= 15 is 0 Å². The molecule has 7 nitrogen and oxygen atoms in total. The van der Waals surface area contributed by atoms with Crippen molar-refractivity contribution in [2.75, 3.05) is 11.9 Å². The summed E-state index contributed by atoms with van der Waals surface area (Å²) >= 11 is 13.2. The van der Waals surface area contributed by atoms with Crippen molar-refractivity contribution in [2.45, 2.75) is 43.0 Å². The molecule has 3 aliphatic rings. The molecule has 3 heterocycles. The number of carbonyl (C=O) groups excluding carboxylic acids is 1. The summed E-state index contributed by atoms with van der Waals surface area (Å²) in [5.41, 5.74) is 1.15. The van der Waals surface area contributed by atoms with Gasteiger partial charge in [0, 0.05) is 28.8 Å². The second kappa shape index (κ2) is 8.97. The van der Waals surface area contributed by atoms with Gasteiger partial charge in [-0.1, -0.05) is 53.5 Å². The van der Waals surface area contributed by atoms with Gasteiger partial charge in [-0.25, -0.2) is 4.39 Å². The first-order valence-electron chi connectivity index (χ1n) is 12.0. The van der Waals surface area contributed by atoms with E-state index in [2.05, 4.69) is 5.32 Å². The maximum absolute atomic E-state index is 13.6. The van der Waals surface area contributed by atoms with Crippen LogP contribution in [0.4, 0.5) is 10.1 Å². The fourth-order valence-corrected chi connectivity index (χ4v) is 7.03. The molecule has 1 amide bonds. The Morgan fingerprint density at radius 3 is 2.54 bits per heavy atom. The average molecular weight is 542 g/mol. The second-order valence-electron chi connectivity index (χ2n) is 9.65. The van der Waals surface area contributed by atoms with E-state index in [1.165, 1.54) is 12.1 Å². The van der Waals surface area contributed by atoms with Crippen molar-refractivity contribution in [1.29, 1.82) is 0 Å². The van der Waals surface area contributed by atoms with Crippen LogP contribution in [0.25, 0.3) is 0 Å². The number of nitrogens with zero attached hydrogens (tertiary/aromatic N) is 2. The predicted molar refractivity (Wildman–Crippen MR) is 137 cm³/mol. The molecule has 37 heavy (non-hydrogen) atoms. The van der Waals surface area contributed by atoms with Gasteiger partial charge in [0.05, 0.1) is 16.0 Å². The highest BCUT2D eigenvalue weighted by molar-refractivity contribution is 6.37. The molecule has 1 N–H and O–H groups in total. The van der Waals surface area contributed by atoms with E-state index in [1.807, 2.05) is 4.90 Å². The Labute approximate surface area is 222 Å². The molecule has 3 aliphatic heterocycles. The van der Waals surface area contributed by atoms with E-state index in [1.54, 1.807) is 48.5 Å². The van der Waals surface area contributed by atoms with Crippen LogP contribution in [0, 0.1) is 15.9 Å². The topological polar surface area (TPSA) is 84.7 Å². The van der Waals surface area contributed by atoms with Crippen LogP contribution in [-0.2, 0) is 16.9 Å². The monoisotopic (exact) mass is 541 g/mol. The molecule has 0 aromatic heterocycles. The fraction of sp³-hybridized carbons (Fsp3) is 0.296. The highest BCUT2D eigenvalue weighted by Crippen LogP contribution is 2.58. The zero-order valence-corrected chi connectivity index (χ0v) is 21.0. The first kappa shape index (κ1) is 24.2. The van der Waals surface area contributed by atoms with Crippen molar-refractivity contribution >= 4 is 34.8 Å². The van der Waals surface area contributed by atoms with Crippen LogP contribution in [-0.4, -0.2) is 34.4 Å². The smallest absolute Gasteiger partial charge is 0.256 e. The molecule has 6 rings (SSSR count). The third-order valence-corrected chi connectivity index (χ3v) is 8.36. The standard InChI is InChI=1S/C27H22Cl2FN3O4/c28-19-12-16(13-20(29)24(19)37-14-15-7-9-17(30)10-8-15)23-22-6-3-11-32(22)27(25(23)33(35)36)18-4-1-2-5-21(18)31-26(27)34/h1-2,4-5,7-10,12-13,22-23,25H,3,6,11,14H2,(H,31,34)/t22-,23-,25+,27-/m0/s1. The number of fused-ring (bicyclic) bond motifs is 4. The SMILES string of the molecule is O=C1Nc2ccccc2[C@]12[C@H]([N+](=O)[O-])[C@@H](c1cc(Cl)c(OCc3ccc(F)cc3)c(Cl)c1)[C@@H]1CCCN12. The van der Waals surface area contributed by atoms with Gasteiger partial charge in [0.25, 0.3) is 11.9 Å². The largest absolute Gasteiger partial charge is 0.486 e. The van der Waals surface area contributed by atoms with Crippen LogP contribution in [0.15, 0.2) is 60.7 Å². The van der Waals surface area contributed by atoms with E-state index in [0.717, 1.165) is 12.0 Å². The molecule has 2 fully saturated rings. The number of nitro groups is 1. The Kier molecular flexibility index (Phi) is 5.86. The number of rotatable bonds is 5. The summed E-state index contributed by atoms with van der Waals surface area (Å²) in [6.07, 6.45) is 1.54. The number of hydrogen-bond acceptors (Lipinski definition) is 5. The molecule has 0 bridgehead atoms. The summed E-state index contributed by atoms with van der Waals surface area (Å²) in [6, 6.07) is 14.9. The van der Waals surface area contributed by atoms with E-state index in [9.17, 15) is 19.3 Å². The summed E-state index contributed by atoms with van der Waals surface area (Å²) in [6.45, 7) is 0.698. The van der Waals surface area contributed by atoms with Crippen molar-refractivity contribution < 1.29 is 18.8 Å². The molecule has 2 saturated heterocycles. The number of ether oxygens (including phenoxy) is 1. The van der Waals surface area contributed by atoms with Gasteiger partial charge < -0.3 is 10.1 Å². The minimum Gasteiger partial charge on any atom is -0.486 e. The van der Waals surface area contributed by atoms with Gasteiger partial charge in [0.2, 0.25) is 0 Å². The van der Waals surface area contributed by atoms with Crippen LogP contribution in [0.3, 0.4) is 0 Å². The molecule has 3 aromatic rings. The van der Waals surface area contributed by atoms with Gasteiger partial charge in [-0.15, -0.1) is 0 Å². The summed E-state index contributed by atoms with van der Waals surface area (Å²) in [7, 11) is 0. The second-order valence-corrected chi connectivity index (χ2v) is 10.5. The predicted octanol–water partition coefficient (Wildman–Crippen LogP) is 5.77. The fourth-order valence-electron chi connectivity index (χ4n) is 6.42. The summed E-state index contributed by atoms with van der Waals surface area (Å²) < 4.78 is 19.0. The quantitative estimate of drug-likeness (QED) is 0.327. The van der Waals surface area contributed by atoms with Crippen LogP contribution in [0.2, 0.25) is 10.0 Å². The zero-order chi connectivity index (χ0) is 25.9. The molecule has 0 saturated carbocycles. The van der Waals surface area contributed by atoms with Gasteiger partial charge in [-0.05, 0) is 54.3 Å². The van der Waals surface area contributed by atoms with Gasteiger partial charge >= 0.3 is 0 Å². The summed E-state index contributed by atoms with van der Waals surface area (Å²) in [5.74, 6) is -1.09. The van der Waals surface area contributed by atoms with Crippen molar-refractivity contribution in [3.05, 3.63) is 103 Å². The summed E-state index contributed by atoms with van der Waals surface area (Å²) in [4.78, 5) is 28.0. The lowest BCUT2D eigenvalue weighted by molar-refractivity contribution is -0.534. The van der Waals surface area contributed by atoms with Gasteiger partial charge in [0.15, 0.2) is 11.3 Å². The number of nitrogens with one attached hydrogen (secondary N) is 1. The molecule has 10 heteroatoms. The molecule has 190 valence electrons. The first-order chi connectivity index (χ1) is 17.8. The normalized spacial score (nSPS) is 26.2. The van der Waals surface area contributed by atoms with E-state index in [4.69, 9.17) is 27.9 Å². The number of halogens is 3. The molecule has 0 radical (unpaired) electrons. The molecule has 0 aliphatic carbocycles. The first-order valence-corrected chi connectivity index (χ1v) is 12.8. The van der Waals surface area contributed by atoms with Crippen molar-refractivity contribution in [3.8, 4) is 5.75 Å². The molecule has 3 aromatic carbocycles. The maximum atomic E-state index is 13.6. The van der Waals surface area contributed by atoms with Crippen LogP contribution >= 0.6 is 23.2 Å². The van der Waals surface area contributed by atoms with Gasteiger partial charge in [0.1, 0.15) is 12.4 Å². The lowest BCUT2D eigenvalue weighted by atomic mass is 9.77. The lowest BCUT2D eigenvalue weighted by Gasteiger charge is -2.32. The average Bonchev–Trinajstić information content (AvgIpc) is 3.53. The Hall–Kier alpha value is -3.20. The molecular weight excluding hydrogens is 520 g/mol. The number of amides is 1. The van der Waals surface area contributed by atoms with Crippen molar-refractivity contribution in [2.24, 2.45) is 0 Å². The highest BCUT2D eigenvalue weighted by atomic mass is 35.5. The molecule has 4 atom stereocenters. The summed E-state index contributed by atoms with van der Waals surface area (Å²) in [5, 5.41) is 16.1. The van der Waals surface area contributed by atoms with Crippen molar-refractivity contribution in [1.82, 2.24) is 4.90 Å². The lowest BCUT2D eigenvalue weighted by Crippen LogP contribution is -2.55. The number of hydrogen-bond donors (Lipinski definition) is 1. The van der Waals surface area contributed by atoms with Gasteiger partial charge in [-0.3, -0.25) is 19.8 Å². The Morgan fingerprint density at radius 2 is 1.84 bits per heavy atom. The van der Waals surface area contributed by atoms with E-state index in [-0.39, 0.29) is 45.1 Å². The van der Waals surface area contributed by atoms with Crippen LogP contribution in [0.5, 0.6) is 5.75 Å². The molecule has 0 unspecified atom stereocenters. The molecular formula is C27H22Cl2FN3O4. The van der Waals surface area contributed by atoms with Gasteiger partial charge in [-0.2, -0.15) is 0 Å². The van der Waals surface area contributed by atoms with Crippen LogP contribution < -0.4 is 10.1 Å². The maximum Gasteiger partial charge on any atom is 0.256 e. The zero-order valence-electron chi connectivity index (χ0n) is 19.5. The minimum absolute atomic E-state index is 0.122.